The Morgan fingerprint density at radius 3 is 1.63 bits per heavy atom. The van der Waals surface area contributed by atoms with E-state index >= 15 is 0 Å². The number of benzene rings is 7. The molecule has 0 amide bonds. The summed E-state index contributed by atoms with van der Waals surface area (Å²) in [5.74, 6) is 0. The third-order valence-electron chi connectivity index (χ3n) is 8.93. The summed E-state index contributed by atoms with van der Waals surface area (Å²) in [7, 11) is 0. The molecule has 3 heteroatoms. The van der Waals surface area contributed by atoms with Crippen LogP contribution in [0.25, 0.3) is 84.9 Å². The number of fused-ring (bicyclic) bond motifs is 6. The highest BCUT2D eigenvalue weighted by atomic mass is 32.1. The second-order valence-electron chi connectivity index (χ2n) is 11.6. The Labute approximate surface area is 274 Å². The van der Waals surface area contributed by atoms with Crippen molar-refractivity contribution in [3.05, 3.63) is 157 Å². The summed E-state index contributed by atoms with van der Waals surface area (Å²) in [5, 5.41) is 15.2. The molecule has 0 saturated carbocycles. The fourth-order valence-electron chi connectivity index (χ4n) is 6.71. The predicted molar refractivity (Wildman–Crippen MR) is 199 cm³/mol. The lowest BCUT2D eigenvalue weighted by Crippen LogP contribution is -1.91. The minimum Gasteiger partial charge on any atom is -0.192 e. The van der Waals surface area contributed by atoms with Gasteiger partial charge >= 0.3 is 0 Å². The van der Waals surface area contributed by atoms with E-state index in [1.54, 1.807) is 0 Å². The maximum atomic E-state index is 9.96. The first-order valence-electron chi connectivity index (χ1n) is 15.3. The first-order valence-corrected chi connectivity index (χ1v) is 16.9. The molecule has 2 aromatic heterocycles. The van der Waals surface area contributed by atoms with Crippen LogP contribution >= 0.6 is 22.7 Å². The van der Waals surface area contributed by atoms with Crippen LogP contribution in [0.3, 0.4) is 0 Å². The van der Waals surface area contributed by atoms with Crippen molar-refractivity contribution in [3.63, 3.8) is 0 Å². The molecule has 0 unspecified atom stereocenters. The molecule has 0 N–H and O–H groups in total. The number of nitrogens with zero attached hydrogens (tertiary/aromatic N) is 1. The van der Waals surface area contributed by atoms with Crippen LogP contribution in [0.4, 0.5) is 0 Å². The Hall–Kier alpha value is -5.53. The van der Waals surface area contributed by atoms with Crippen molar-refractivity contribution in [3.8, 4) is 50.6 Å². The average Bonchev–Trinajstić information content (AvgIpc) is 3.69. The molecule has 46 heavy (non-hydrogen) atoms. The quantitative estimate of drug-likeness (QED) is 0.192. The highest BCUT2D eigenvalue weighted by Gasteiger charge is 2.15. The van der Waals surface area contributed by atoms with Crippen molar-refractivity contribution in [1.82, 2.24) is 0 Å². The highest BCUT2D eigenvalue weighted by molar-refractivity contribution is 7.26. The smallest absolute Gasteiger partial charge is 0.0998 e. The topological polar surface area (TPSA) is 23.8 Å². The summed E-state index contributed by atoms with van der Waals surface area (Å²) in [6.07, 6.45) is 0. The minimum absolute atomic E-state index is 0.677. The number of thiophene rings is 2. The molecule has 0 radical (unpaired) electrons. The first-order chi connectivity index (χ1) is 22.7. The van der Waals surface area contributed by atoms with Crippen LogP contribution in [-0.2, 0) is 0 Å². The van der Waals surface area contributed by atoms with E-state index in [0.717, 1.165) is 22.3 Å². The molecule has 2 heterocycles. The zero-order valence-corrected chi connectivity index (χ0v) is 26.3. The van der Waals surface area contributed by atoms with E-state index < -0.39 is 0 Å². The molecule has 0 fully saturated rings. The van der Waals surface area contributed by atoms with Crippen LogP contribution in [0.1, 0.15) is 5.56 Å². The molecule has 0 bridgehead atoms. The van der Waals surface area contributed by atoms with Crippen LogP contribution < -0.4 is 0 Å². The summed E-state index contributed by atoms with van der Waals surface area (Å²) in [4.78, 5) is 0. The maximum Gasteiger partial charge on any atom is 0.0998 e. The van der Waals surface area contributed by atoms with E-state index in [1.165, 1.54) is 62.6 Å². The highest BCUT2D eigenvalue weighted by Crippen LogP contribution is 2.42. The average molecular weight is 620 g/mol. The number of hydrogen-bond donors (Lipinski definition) is 0. The molecule has 7 aromatic carbocycles. The van der Waals surface area contributed by atoms with Gasteiger partial charge < -0.3 is 0 Å². The van der Waals surface area contributed by atoms with Gasteiger partial charge in [-0.15, -0.1) is 22.7 Å². The van der Waals surface area contributed by atoms with E-state index in [-0.39, 0.29) is 0 Å². The SMILES string of the molecule is N#Cc1ccccc1-c1ccccc1-c1cc(-c2ccc3c(c2)sc2ccccc23)cc(-c2ccc3sc4ccccc4c3c2)c1. The van der Waals surface area contributed by atoms with Gasteiger partial charge in [-0.25, -0.2) is 0 Å². The van der Waals surface area contributed by atoms with Crippen LogP contribution in [0, 0.1) is 11.3 Å². The molecular formula is C43H25NS2. The molecule has 214 valence electrons. The van der Waals surface area contributed by atoms with Gasteiger partial charge in [0, 0.05) is 45.9 Å². The lowest BCUT2D eigenvalue weighted by molar-refractivity contribution is 1.47. The van der Waals surface area contributed by atoms with Gasteiger partial charge in [0.05, 0.1) is 11.6 Å². The van der Waals surface area contributed by atoms with E-state index in [1.807, 2.05) is 46.9 Å². The molecule has 0 atom stereocenters. The Balaban J connectivity index is 1.28. The summed E-state index contributed by atoms with van der Waals surface area (Å²) in [5.41, 5.74) is 9.65. The minimum atomic E-state index is 0.677. The van der Waals surface area contributed by atoms with Crippen LogP contribution in [-0.4, -0.2) is 0 Å². The Bertz CT molecular complexity index is 2670. The van der Waals surface area contributed by atoms with E-state index in [0.29, 0.717) is 5.56 Å². The summed E-state index contributed by atoms with van der Waals surface area (Å²) < 4.78 is 5.21. The Morgan fingerprint density at radius 1 is 0.348 bits per heavy atom. The largest absolute Gasteiger partial charge is 0.192 e. The van der Waals surface area contributed by atoms with E-state index in [4.69, 9.17) is 0 Å². The normalized spacial score (nSPS) is 11.5. The lowest BCUT2D eigenvalue weighted by atomic mass is 9.88. The van der Waals surface area contributed by atoms with Gasteiger partial charge in [0.1, 0.15) is 0 Å². The van der Waals surface area contributed by atoms with Gasteiger partial charge in [-0.05, 0) is 93.5 Å². The molecule has 0 aliphatic rings. The first kappa shape index (κ1) is 26.8. The van der Waals surface area contributed by atoms with Crippen molar-refractivity contribution >= 4 is 63.0 Å². The fourth-order valence-corrected chi connectivity index (χ4v) is 8.94. The van der Waals surface area contributed by atoms with Gasteiger partial charge in [-0.1, -0.05) is 97.1 Å². The van der Waals surface area contributed by atoms with Gasteiger partial charge in [-0.3, -0.25) is 0 Å². The van der Waals surface area contributed by atoms with Crippen molar-refractivity contribution in [2.75, 3.05) is 0 Å². The van der Waals surface area contributed by atoms with Crippen LogP contribution in [0.5, 0.6) is 0 Å². The third kappa shape index (κ3) is 4.43. The standard InChI is InChI=1S/C43H25NS2/c44-26-29-9-1-2-10-33(29)35-12-4-3-11-34(35)32-22-30(27-18-20-42-39(24-27)37-14-6-8-16-41(37)45-42)21-31(23-32)28-17-19-38-36-13-5-7-15-40(36)46-43(38)25-28/h1-25H. The zero-order chi connectivity index (χ0) is 30.6. The van der Waals surface area contributed by atoms with Gasteiger partial charge in [0.2, 0.25) is 0 Å². The second-order valence-corrected chi connectivity index (χ2v) is 13.8. The van der Waals surface area contributed by atoms with E-state index in [9.17, 15) is 5.26 Å². The van der Waals surface area contributed by atoms with Crippen molar-refractivity contribution in [2.24, 2.45) is 0 Å². The number of hydrogen-bond acceptors (Lipinski definition) is 3. The maximum absolute atomic E-state index is 9.96. The van der Waals surface area contributed by atoms with Gasteiger partial charge in [-0.2, -0.15) is 5.26 Å². The molecule has 9 rings (SSSR count). The zero-order valence-electron chi connectivity index (χ0n) is 24.7. The monoisotopic (exact) mass is 619 g/mol. The summed E-state index contributed by atoms with van der Waals surface area (Å²) >= 11 is 3.70. The number of nitriles is 1. The molecule has 0 aliphatic heterocycles. The molecule has 1 nitrogen and oxygen atoms in total. The van der Waals surface area contributed by atoms with Crippen molar-refractivity contribution in [2.45, 2.75) is 0 Å². The molecule has 9 aromatic rings. The van der Waals surface area contributed by atoms with Crippen LogP contribution in [0.15, 0.2) is 152 Å². The van der Waals surface area contributed by atoms with Gasteiger partial charge in [0.25, 0.3) is 0 Å². The summed E-state index contributed by atoms with van der Waals surface area (Å²) in [6, 6.07) is 56.8. The Morgan fingerprint density at radius 2 is 0.870 bits per heavy atom. The molecule has 0 saturated heterocycles. The number of rotatable bonds is 4. The lowest BCUT2D eigenvalue weighted by Gasteiger charge is -2.15. The fraction of sp³-hybridized carbons (Fsp3) is 0. The molecule has 0 aliphatic carbocycles. The Kier molecular flexibility index (Phi) is 6.31. The van der Waals surface area contributed by atoms with E-state index in [2.05, 4.69) is 133 Å². The molecular weight excluding hydrogens is 595 g/mol. The van der Waals surface area contributed by atoms with Crippen molar-refractivity contribution in [1.29, 1.82) is 5.26 Å². The van der Waals surface area contributed by atoms with Gasteiger partial charge in [0.15, 0.2) is 0 Å². The second kappa shape index (κ2) is 10.8. The predicted octanol–water partition coefficient (Wildman–Crippen LogP) is 13.0. The van der Waals surface area contributed by atoms with Crippen LogP contribution in [0.2, 0.25) is 0 Å². The third-order valence-corrected chi connectivity index (χ3v) is 11.2. The summed E-state index contributed by atoms with van der Waals surface area (Å²) in [6.45, 7) is 0. The molecule has 0 spiro atoms. The van der Waals surface area contributed by atoms with Crippen molar-refractivity contribution < 1.29 is 0 Å².